The minimum Gasteiger partial charge on any atom is -0.383 e. The van der Waals surface area contributed by atoms with E-state index >= 15 is 0 Å². The van der Waals surface area contributed by atoms with Crippen LogP contribution in [0.2, 0.25) is 0 Å². The van der Waals surface area contributed by atoms with E-state index in [1.54, 1.807) is 6.20 Å². The van der Waals surface area contributed by atoms with Crippen molar-refractivity contribution in [1.29, 1.82) is 0 Å². The predicted octanol–water partition coefficient (Wildman–Crippen LogP) is 2.21. The molecule has 0 aliphatic heterocycles. The number of anilines is 1. The van der Waals surface area contributed by atoms with E-state index in [0.717, 1.165) is 24.0 Å². The lowest BCUT2D eigenvalue weighted by Crippen LogP contribution is -2.33. The molecule has 1 aliphatic rings. The van der Waals surface area contributed by atoms with Crippen LogP contribution >= 0.6 is 0 Å². The van der Waals surface area contributed by atoms with Crippen molar-refractivity contribution in [2.45, 2.75) is 31.7 Å². The SMILES string of the molecule is Cc1ccnc(N)c1C(NN)C1CCc2ccccc21. The first kappa shape index (κ1) is 13.1. The molecular formula is C16H20N4. The van der Waals surface area contributed by atoms with Crippen molar-refractivity contribution in [3.05, 3.63) is 58.8 Å². The molecule has 1 heterocycles. The van der Waals surface area contributed by atoms with Crippen LogP contribution in [0.5, 0.6) is 0 Å². The van der Waals surface area contributed by atoms with Crippen molar-refractivity contribution < 1.29 is 0 Å². The fraction of sp³-hybridized carbons (Fsp3) is 0.312. The first-order valence-corrected chi connectivity index (χ1v) is 6.97. The third-order valence-corrected chi connectivity index (χ3v) is 4.31. The molecule has 2 unspecified atom stereocenters. The summed E-state index contributed by atoms with van der Waals surface area (Å²) in [6.07, 6.45) is 3.92. The molecule has 4 heteroatoms. The van der Waals surface area contributed by atoms with Gasteiger partial charge in [-0.25, -0.2) is 4.98 Å². The van der Waals surface area contributed by atoms with Gasteiger partial charge in [0.1, 0.15) is 5.82 Å². The second-order valence-corrected chi connectivity index (χ2v) is 5.42. The zero-order valence-electron chi connectivity index (χ0n) is 11.6. The van der Waals surface area contributed by atoms with Gasteiger partial charge in [0.25, 0.3) is 0 Å². The zero-order valence-corrected chi connectivity index (χ0v) is 11.6. The van der Waals surface area contributed by atoms with E-state index in [2.05, 4.69) is 41.6 Å². The van der Waals surface area contributed by atoms with Crippen LogP contribution in [-0.2, 0) is 6.42 Å². The minimum absolute atomic E-state index is 0.00681. The number of nitrogens with one attached hydrogen (secondary N) is 1. The summed E-state index contributed by atoms with van der Waals surface area (Å²) >= 11 is 0. The standard InChI is InChI=1S/C16H20N4/c1-10-8-9-19-16(17)14(10)15(20-18)13-7-6-11-4-2-3-5-12(11)13/h2-5,8-9,13,15,20H,6-7,18H2,1H3,(H2,17,19). The number of nitrogens with two attached hydrogens (primary N) is 2. The number of hydrogen-bond acceptors (Lipinski definition) is 4. The van der Waals surface area contributed by atoms with Gasteiger partial charge in [0.05, 0.1) is 6.04 Å². The number of aromatic nitrogens is 1. The van der Waals surface area contributed by atoms with Gasteiger partial charge in [-0.1, -0.05) is 24.3 Å². The number of fused-ring (bicyclic) bond motifs is 1. The van der Waals surface area contributed by atoms with E-state index in [0.29, 0.717) is 11.7 Å². The van der Waals surface area contributed by atoms with E-state index in [4.69, 9.17) is 11.6 Å². The van der Waals surface area contributed by atoms with Crippen molar-refractivity contribution in [2.24, 2.45) is 5.84 Å². The van der Waals surface area contributed by atoms with Gasteiger partial charge in [-0.2, -0.15) is 0 Å². The number of benzene rings is 1. The fourth-order valence-electron chi connectivity index (χ4n) is 3.33. The monoisotopic (exact) mass is 268 g/mol. The lowest BCUT2D eigenvalue weighted by molar-refractivity contribution is 0.451. The Hall–Kier alpha value is -1.91. The number of nitrogens with zero attached hydrogens (tertiary/aromatic N) is 1. The van der Waals surface area contributed by atoms with E-state index < -0.39 is 0 Å². The summed E-state index contributed by atoms with van der Waals surface area (Å²) < 4.78 is 0. The van der Waals surface area contributed by atoms with E-state index in [9.17, 15) is 0 Å². The van der Waals surface area contributed by atoms with Gasteiger partial charge in [-0.3, -0.25) is 11.3 Å². The largest absolute Gasteiger partial charge is 0.383 e. The summed E-state index contributed by atoms with van der Waals surface area (Å²) in [5, 5.41) is 0. The Morgan fingerprint density at radius 1 is 1.30 bits per heavy atom. The van der Waals surface area contributed by atoms with Gasteiger partial charge in [-0.05, 0) is 42.5 Å². The van der Waals surface area contributed by atoms with Gasteiger partial charge in [0.15, 0.2) is 0 Å². The topological polar surface area (TPSA) is 77.0 Å². The smallest absolute Gasteiger partial charge is 0.128 e. The molecule has 2 atom stereocenters. The molecule has 0 bridgehead atoms. The normalized spacial score (nSPS) is 18.8. The maximum Gasteiger partial charge on any atom is 0.128 e. The Kier molecular flexibility index (Phi) is 3.42. The third-order valence-electron chi connectivity index (χ3n) is 4.31. The summed E-state index contributed by atoms with van der Waals surface area (Å²) in [5.74, 6) is 6.76. The van der Waals surface area contributed by atoms with Gasteiger partial charge in [0.2, 0.25) is 0 Å². The highest BCUT2D eigenvalue weighted by atomic mass is 15.2. The summed E-state index contributed by atoms with van der Waals surface area (Å²) in [6.45, 7) is 2.05. The van der Waals surface area contributed by atoms with Crippen LogP contribution in [-0.4, -0.2) is 4.98 Å². The Balaban J connectivity index is 2.04. The Morgan fingerprint density at radius 3 is 2.85 bits per heavy atom. The highest BCUT2D eigenvalue weighted by Crippen LogP contribution is 2.42. The maximum absolute atomic E-state index is 6.08. The van der Waals surface area contributed by atoms with Crippen molar-refractivity contribution in [2.75, 3.05) is 5.73 Å². The molecule has 5 N–H and O–H groups in total. The van der Waals surface area contributed by atoms with Crippen molar-refractivity contribution in [1.82, 2.24) is 10.4 Å². The van der Waals surface area contributed by atoms with Crippen LogP contribution in [0.1, 0.15) is 40.6 Å². The lowest BCUT2D eigenvalue weighted by atomic mass is 9.87. The lowest BCUT2D eigenvalue weighted by Gasteiger charge is -2.26. The van der Waals surface area contributed by atoms with Crippen LogP contribution in [0, 0.1) is 6.92 Å². The Morgan fingerprint density at radius 2 is 2.10 bits per heavy atom. The fourth-order valence-corrected chi connectivity index (χ4v) is 3.33. The minimum atomic E-state index is 0.00681. The quantitative estimate of drug-likeness (QED) is 0.589. The van der Waals surface area contributed by atoms with Crippen molar-refractivity contribution in [3.8, 4) is 0 Å². The molecule has 0 spiro atoms. The van der Waals surface area contributed by atoms with E-state index in [-0.39, 0.29) is 6.04 Å². The van der Waals surface area contributed by atoms with Gasteiger partial charge in [-0.15, -0.1) is 0 Å². The second-order valence-electron chi connectivity index (χ2n) is 5.42. The number of pyridine rings is 1. The molecule has 0 saturated heterocycles. The average Bonchev–Trinajstić information content (AvgIpc) is 2.87. The molecule has 0 fully saturated rings. The van der Waals surface area contributed by atoms with Crippen molar-refractivity contribution in [3.63, 3.8) is 0 Å². The second kappa shape index (κ2) is 5.23. The maximum atomic E-state index is 6.08. The number of nitrogen functional groups attached to an aromatic ring is 1. The molecule has 104 valence electrons. The zero-order chi connectivity index (χ0) is 14.1. The number of hydrogen-bond donors (Lipinski definition) is 3. The summed E-state index contributed by atoms with van der Waals surface area (Å²) in [7, 11) is 0. The molecule has 20 heavy (non-hydrogen) atoms. The molecule has 1 aliphatic carbocycles. The molecule has 1 aromatic heterocycles. The first-order chi connectivity index (χ1) is 9.72. The van der Waals surface area contributed by atoms with Crippen LogP contribution in [0.4, 0.5) is 5.82 Å². The first-order valence-electron chi connectivity index (χ1n) is 6.97. The van der Waals surface area contributed by atoms with Gasteiger partial charge in [0, 0.05) is 17.7 Å². The number of rotatable bonds is 3. The van der Waals surface area contributed by atoms with Gasteiger partial charge < -0.3 is 5.73 Å². The van der Waals surface area contributed by atoms with E-state index in [1.165, 1.54) is 11.1 Å². The molecule has 1 aromatic carbocycles. The number of hydrazine groups is 1. The molecule has 3 rings (SSSR count). The Labute approximate surface area is 119 Å². The highest BCUT2D eigenvalue weighted by Gasteiger charge is 2.32. The Bertz CT molecular complexity index is 603. The average molecular weight is 268 g/mol. The molecular weight excluding hydrogens is 248 g/mol. The van der Waals surface area contributed by atoms with Crippen LogP contribution < -0.4 is 17.0 Å². The van der Waals surface area contributed by atoms with Gasteiger partial charge >= 0.3 is 0 Å². The molecule has 0 radical (unpaired) electrons. The molecule has 0 amide bonds. The van der Waals surface area contributed by atoms with E-state index in [1.807, 2.05) is 6.07 Å². The summed E-state index contributed by atoms with van der Waals surface area (Å²) in [6, 6.07) is 10.6. The van der Waals surface area contributed by atoms with Crippen LogP contribution in [0.15, 0.2) is 36.5 Å². The van der Waals surface area contributed by atoms with Crippen LogP contribution in [0.25, 0.3) is 0 Å². The molecule has 2 aromatic rings. The molecule has 0 saturated carbocycles. The van der Waals surface area contributed by atoms with Crippen molar-refractivity contribution >= 4 is 5.82 Å². The summed E-state index contributed by atoms with van der Waals surface area (Å²) in [5.41, 5.74) is 14.0. The molecule has 4 nitrogen and oxygen atoms in total. The third kappa shape index (κ3) is 2.07. The number of aryl methyl sites for hydroxylation is 2. The van der Waals surface area contributed by atoms with Crippen LogP contribution in [0.3, 0.4) is 0 Å². The predicted molar refractivity (Wildman–Crippen MR) is 81.0 cm³/mol. The highest BCUT2D eigenvalue weighted by molar-refractivity contribution is 5.49. The summed E-state index contributed by atoms with van der Waals surface area (Å²) in [4.78, 5) is 4.22.